The van der Waals surface area contributed by atoms with Gasteiger partial charge >= 0.3 is 21.9 Å². The van der Waals surface area contributed by atoms with Crippen molar-refractivity contribution >= 4 is 27.6 Å². The number of carbonyl (C=O) groups excluding carboxylic acids is 2. The van der Waals surface area contributed by atoms with E-state index in [1.165, 1.54) is 96.8 Å². The minimum Gasteiger partial charge on any atom is -0.482 e. The second kappa shape index (κ2) is 28.8. The van der Waals surface area contributed by atoms with Gasteiger partial charge in [-0.1, -0.05) is 103 Å². The van der Waals surface area contributed by atoms with Crippen LogP contribution in [0.2, 0.25) is 0 Å². The van der Waals surface area contributed by atoms with Crippen molar-refractivity contribution in [2.45, 2.75) is 163 Å². The maximum Gasteiger partial charge on any atom is 0.668 e. The second-order valence-corrected chi connectivity index (χ2v) is 10.6. The van der Waals surface area contributed by atoms with Crippen molar-refractivity contribution in [1.29, 1.82) is 0 Å². The number of Topliss-reactive ketones (excluding diaryl/α,β-unsaturated/α-hetero) is 1. The van der Waals surface area contributed by atoms with Gasteiger partial charge in [-0.25, -0.2) is 0 Å². The van der Waals surface area contributed by atoms with E-state index in [0.717, 1.165) is 12.8 Å². The Balaban J connectivity index is 0. The fourth-order valence-corrected chi connectivity index (χ4v) is 3.85. The molecule has 0 aliphatic rings. The van der Waals surface area contributed by atoms with Crippen LogP contribution in [0.1, 0.15) is 151 Å². The highest BCUT2D eigenvalue weighted by Crippen LogP contribution is 2.13. The molecule has 0 bridgehead atoms. The molecule has 34 heavy (non-hydrogen) atoms. The van der Waals surface area contributed by atoms with E-state index < -0.39 is 0 Å². The Morgan fingerprint density at radius 1 is 0.618 bits per heavy atom. The van der Waals surface area contributed by atoms with Gasteiger partial charge in [0.05, 0.1) is 6.61 Å². The number of ketones is 1. The van der Waals surface area contributed by atoms with Crippen LogP contribution in [0.25, 0.3) is 0 Å². The van der Waals surface area contributed by atoms with E-state index in [1.54, 1.807) is 0 Å². The lowest BCUT2D eigenvalue weighted by Gasteiger charge is -2.09. The summed E-state index contributed by atoms with van der Waals surface area (Å²) in [5.74, 6) is -0.509. The third kappa shape index (κ3) is 36.2. The van der Waals surface area contributed by atoms with Gasteiger partial charge in [-0.3, -0.25) is 9.59 Å². The maximum absolute atomic E-state index is 11.2. The van der Waals surface area contributed by atoms with Crippen LogP contribution >= 0.6 is 0 Å². The molecule has 0 N–H and O–H groups in total. The minimum atomic E-state index is -0.381. The van der Waals surface area contributed by atoms with Gasteiger partial charge in [-0.15, -0.1) is 0 Å². The van der Waals surface area contributed by atoms with Crippen molar-refractivity contribution < 1.29 is 21.9 Å². The summed E-state index contributed by atoms with van der Waals surface area (Å²) in [6.07, 6.45) is 21.9. The quantitative estimate of drug-likeness (QED) is 0.0614. The minimum absolute atomic E-state index is 0.0845. The third-order valence-electron chi connectivity index (χ3n) is 5.31. The van der Waals surface area contributed by atoms with E-state index in [2.05, 4.69) is 6.92 Å². The lowest BCUT2D eigenvalue weighted by molar-refractivity contribution is -0.145. The topological polar surface area (TPSA) is 61.8 Å². The Morgan fingerprint density at radius 2 is 0.971 bits per heavy atom. The molecule has 0 fully saturated rings. The van der Waals surface area contributed by atoms with Gasteiger partial charge in [0.25, 0.3) is 0 Å². The number of hydrogen-bond acceptors (Lipinski definition) is 5. The zero-order chi connectivity index (χ0) is 25.9. The molecular formula is C28H56AlO5. The van der Waals surface area contributed by atoms with E-state index in [-0.39, 0.29) is 34.1 Å². The molecule has 0 aliphatic carbocycles. The van der Waals surface area contributed by atoms with Crippen molar-refractivity contribution in [3.05, 3.63) is 0 Å². The molecule has 0 saturated carbocycles. The van der Waals surface area contributed by atoms with Gasteiger partial charge in [0.1, 0.15) is 12.2 Å². The molecule has 6 heteroatoms. The van der Waals surface area contributed by atoms with Gasteiger partial charge in [0.2, 0.25) is 0 Å². The van der Waals surface area contributed by atoms with Crippen LogP contribution in [-0.4, -0.2) is 46.5 Å². The summed E-state index contributed by atoms with van der Waals surface area (Å²) in [5.41, 5.74) is 0. The standard InChI is InChI=1S/C22H42O3.2C3H7O.Al/c1-3-4-5-6-7-8-9-10-11-12-13-14-15-16-17-18-19-25-22(24)20-21(2)23;2*1-3(2)4;/h3-20H2,1-2H3;2*3H,1-2H3;/q;2*-1;+2. The van der Waals surface area contributed by atoms with Crippen molar-refractivity contribution in [2.75, 3.05) is 6.61 Å². The molecule has 0 aromatic rings. The maximum atomic E-state index is 11.2. The molecule has 0 amide bonds. The fourth-order valence-electron chi connectivity index (χ4n) is 3.34. The molecule has 1 radical (unpaired) electrons. The predicted octanol–water partition coefficient (Wildman–Crippen LogP) is 8.14. The first-order chi connectivity index (χ1) is 16.3. The average molecular weight is 500 g/mol. The van der Waals surface area contributed by atoms with Crippen LogP contribution in [-0.2, 0) is 21.9 Å². The summed E-state index contributed by atoms with van der Waals surface area (Å²) in [6.45, 7) is 12.2. The lowest BCUT2D eigenvalue weighted by Crippen LogP contribution is -2.14. The number of carbonyl (C=O) groups is 2. The van der Waals surface area contributed by atoms with Crippen LogP contribution in [0.5, 0.6) is 0 Å². The van der Waals surface area contributed by atoms with E-state index in [9.17, 15) is 9.59 Å². The molecule has 0 aliphatic heterocycles. The first kappa shape index (κ1) is 35.8. The van der Waals surface area contributed by atoms with Gasteiger partial charge < -0.3 is 12.3 Å². The second-order valence-electron chi connectivity index (χ2n) is 9.87. The molecule has 0 aromatic heterocycles. The first-order valence-electron chi connectivity index (χ1n) is 14.1. The smallest absolute Gasteiger partial charge is 0.482 e. The van der Waals surface area contributed by atoms with E-state index in [4.69, 9.17) is 12.3 Å². The largest absolute Gasteiger partial charge is 0.668 e. The summed E-state index contributed by atoms with van der Waals surface area (Å²) in [7, 11) is 0. The van der Waals surface area contributed by atoms with Crippen LogP contribution in [0.15, 0.2) is 0 Å². The van der Waals surface area contributed by atoms with Crippen LogP contribution in [0, 0.1) is 0 Å². The van der Waals surface area contributed by atoms with Gasteiger partial charge in [0, 0.05) is 12.2 Å². The Labute approximate surface area is 218 Å². The summed E-state index contributed by atoms with van der Waals surface area (Å²) in [6, 6.07) is 0. The van der Waals surface area contributed by atoms with E-state index in [1.807, 2.05) is 27.7 Å². The van der Waals surface area contributed by atoms with Gasteiger partial charge in [0.15, 0.2) is 0 Å². The summed E-state index contributed by atoms with van der Waals surface area (Å²) < 4.78 is 15.4. The molecule has 0 atom stereocenters. The molecular weight excluding hydrogens is 443 g/mol. The average Bonchev–Trinajstić information content (AvgIpc) is 2.75. The zero-order valence-electron chi connectivity index (χ0n) is 23.5. The van der Waals surface area contributed by atoms with Crippen LogP contribution < -0.4 is 0 Å². The molecule has 0 heterocycles. The first-order valence-corrected chi connectivity index (χ1v) is 15.0. The van der Waals surface area contributed by atoms with Crippen LogP contribution in [0.3, 0.4) is 0 Å². The lowest BCUT2D eigenvalue weighted by atomic mass is 10.0. The van der Waals surface area contributed by atoms with Crippen molar-refractivity contribution in [3.8, 4) is 0 Å². The summed E-state index contributed by atoms with van der Waals surface area (Å²) >= 11 is -0.245. The molecule has 0 spiro atoms. The monoisotopic (exact) mass is 499 g/mol. The van der Waals surface area contributed by atoms with Gasteiger partial charge in [-0.2, -0.15) is 0 Å². The molecule has 0 saturated heterocycles. The van der Waals surface area contributed by atoms with Gasteiger partial charge in [-0.05, 0) is 41.0 Å². The molecule has 0 unspecified atom stereocenters. The summed E-state index contributed by atoms with van der Waals surface area (Å²) in [4.78, 5) is 21.9. The Kier molecular flexibility index (Phi) is 30.3. The number of ether oxygens (including phenoxy) is 1. The number of unbranched alkanes of at least 4 members (excludes halogenated alkanes) is 15. The van der Waals surface area contributed by atoms with Crippen molar-refractivity contribution in [3.63, 3.8) is 0 Å². The van der Waals surface area contributed by atoms with Crippen molar-refractivity contribution in [2.24, 2.45) is 0 Å². The molecule has 201 valence electrons. The highest BCUT2D eigenvalue weighted by Gasteiger charge is 2.05. The molecule has 0 rings (SSSR count). The summed E-state index contributed by atoms with van der Waals surface area (Å²) in [5, 5.41) is 0. The van der Waals surface area contributed by atoms with E-state index in [0.29, 0.717) is 18.8 Å². The highest BCUT2D eigenvalue weighted by atomic mass is 27.2. The Hall–Kier alpha value is -0.408. The molecule has 5 nitrogen and oxygen atoms in total. The number of esters is 1. The number of rotatable bonds is 23. The van der Waals surface area contributed by atoms with E-state index >= 15 is 0 Å². The third-order valence-corrected chi connectivity index (χ3v) is 6.62. The predicted molar refractivity (Wildman–Crippen MR) is 144 cm³/mol. The zero-order valence-corrected chi connectivity index (χ0v) is 24.7. The Morgan fingerprint density at radius 3 is 1.29 bits per heavy atom. The Bertz CT molecular complexity index is 433. The normalized spacial score (nSPS) is 10.8. The van der Waals surface area contributed by atoms with Crippen LogP contribution in [0.4, 0.5) is 0 Å². The number of hydrogen-bond donors (Lipinski definition) is 0. The highest BCUT2D eigenvalue weighted by molar-refractivity contribution is 6.18. The van der Waals surface area contributed by atoms with Crippen molar-refractivity contribution in [1.82, 2.24) is 0 Å². The molecule has 0 aromatic carbocycles. The SMILES string of the molecule is CC(C)[O][Al][O]C(C)C.CCCCCCCCCCCCCCCCCCOC(=O)CC(C)=O. The fraction of sp³-hybridized carbons (Fsp3) is 0.929.